The largest absolute Gasteiger partial charge is 0.444 e. The molecule has 6 nitrogen and oxygen atoms in total. The minimum atomic E-state index is -1.83. The molecule has 0 saturated carbocycles. The van der Waals surface area contributed by atoms with Crippen molar-refractivity contribution >= 4 is 14.4 Å². The number of carbonyl (C=O) groups excluding carboxylic acids is 1. The first-order valence-corrected chi connectivity index (χ1v) is 13.4. The molecule has 1 aliphatic rings. The molecule has 1 amide bonds. The highest BCUT2D eigenvalue weighted by atomic mass is 28.4. The Hall–Kier alpha value is -1.67. The number of rotatable bonds is 7. The van der Waals surface area contributed by atoms with Crippen molar-refractivity contribution < 1.29 is 23.8 Å². The fraction of sp³-hybridized carbons (Fsp3) is 0.609. The third-order valence-corrected chi connectivity index (χ3v) is 10.4. The van der Waals surface area contributed by atoms with Crippen molar-refractivity contribution in [3.63, 3.8) is 0 Å². The zero-order valence-electron chi connectivity index (χ0n) is 19.3. The van der Waals surface area contributed by atoms with E-state index in [2.05, 4.69) is 33.9 Å². The first-order valence-electron chi connectivity index (χ1n) is 10.5. The number of hydrogen-bond acceptors (Lipinski definition) is 5. The van der Waals surface area contributed by atoms with Crippen LogP contribution in [0.2, 0.25) is 18.1 Å². The predicted octanol–water partition coefficient (Wildman–Crippen LogP) is 4.70. The quantitative estimate of drug-likeness (QED) is 0.497. The zero-order valence-corrected chi connectivity index (χ0v) is 20.3. The Labute approximate surface area is 182 Å². The summed E-state index contributed by atoms with van der Waals surface area (Å²) in [4.78, 5) is 14.1. The molecular formula is C23H37NO5Si. The molecule has 1 heterocycles. The third-order valence-electron chi connectivity index (χ3n) is 5.94. The van der Waals surface area contributed by atoms with Crippen molar-refractivity contribution in [2.24, 2.45) is 0 Å². The predicted molar refractivity (Wildman–Crippen MR) is 121 cm³/mol. The molecule has 168 valence electrons. The maximum atomic E-state index is 12.6. The molecule has 7 heteroatoms. The van der Waals surface area contributed by atoms with Gasteiger partial charge in [-0.15, -0.1) is 0 Å². The maximum absolute atomic E-state index is 12.6. The van der Waals surface area contributed by atoms with Crippen LogP contribution in [0.25, 0.3) is 0 Å². The molecule has 2 rings (SSSR count). The van der Waals surface area contributed by atoms with Gasteiger partial charge in [0.1, 0.15) is 24.5 Å². The van der Waals surface area contributed by atoms with Crippen LogP contribution in [0.4, 0.5) is 4.79 Å². The van der Waals surface area contributed by atoms with E-state index >= 15 is 0 Å². The number of benzene rings is 1. The van der Waals surface area contributed by atoms with Gasteiger partial charge in [-0.3, -0.25) is 4.90 Å². The summed E-state index contributed by atoms with van der Waals surface area (Å²) in [6.07, 6.45) is 1.71. The molecule has 30 heavy (non-hydrogen) atoms. The minimum absolute atomic E-state index is 0.138. The van der Waals surface area contributed by atoms with E-state index < -0.39 is 32.3 Å². The smallest absolute Gasteiger partial charge is 0.412 e. The number of carbonyl (C=O) groups is 1. The Kier molecular flexibility index (Phi) is 7.90. The maximum Gasteiger partial charge on any atom is 0.412 e. The molecule has 0 spiro atoms. The molecule has 0 bridgehead atoms. The average Bonchev–Trinajstić information content (AvgIpc) is 2.98. The number of hydrogen-bond donors (Lipinski definition) is 1. The second kappa shape index (κ2) is 9.64. The fourth-order valence-electron chi connectivity index (χ4n) is 2.93. The summed E-state index contributed by atoms with van der Waals surface area (Å²) in [5.74, 6) is 0. The van der Waals surface area contributed by atoms with Gasteiger partial charge in [0, 0.05) is 0 Å². The lowest BCUT2D eigenvalue weighted by Gasteiger charge is -2.35. The van der Waals surface area contributed by atoms with E-state index in [-0.39, 0.29) is 18.2 Å². The summed E-state index contributed by atoms with van der Waals surface area (Å²) in [5.41, 5.74) is 0.0651. The second-order valence-electron chi connectivity index (χ2n) is 9.74. The van der Waals surface area contributed by atoms with Crippen LogP contribution >= 0.6 is 0 Å². The van der Waals surface area contributed by atoms with Crippen LogP contribution in [0, 0.1) is 0 Å². The van der Waals surface area contributed by atoms with Gasteiger partial charge in [-0.1, -0.05) is 63.3 Å². The highest BCUT2D eigenvalue weighted by Crippen LogP contribution is 2.36. The second-order valence-corrected chi connectivity index (χ2v) is 14.6. The van der Waals surface area contributed by atoms with E-state index in [0.717, 1.165) is 5.56 Å². The Balaban J connectivity index is 1.88. The lowest BCUT2D eigenvalue weighted by Crippen LogP contribution is -2.43. The average molecular weight is 436 g/mol. The third kappa shape index (κ3) is 6.41. The van der Waals surface area contributed by atoms with Gasteiger partial charge in [-0.25, -0.2) is 4.79 Å². The summed E-state index contributed by atoms with van der Waals surface area (Å²) in [6, 6.07) is 9.53. The summed E-state index contributed by atoms with van der Waals surface area (Å²) in [6.45, 7) is 15.5. The Bertz CT molecular complexity index is 727. The van der Waals surface area contributed by atoms with Crippen LogP contribution in [0.3, 0.4) is 0 Å². The fourth-order valence-corrected chi connectivity index (χ4v) is 3.88. The molecule has 1 aliphatic heterocycles. The number of aliphatic hydroxyl groups is 1. The van der Waals surface area contributed by atoms with Crippen molar-refractivity contribution in [1.29, 1.82) is 0 Å². The standard InChI is InChI=1S/C23H37NO5Si/c1-22(2,3)30(6,7)28-15-11-14-19(25)20-16-24(23(4,5)29-20)21(26)27-17-18-12-9-8-10-13-18/h8-14,19-20,25H,15-17H2,1-7H3/b14-11+/t19-,20-/m0/s1. The van der Waals surface area contributed by atoms with Crippen LogP contribution in [-0.4, -0.2) is 55.5 Å². The summed E-state index contributed by atoms with van der Waals surface area (Å²) in [7, 11) is -1.83. The molecule has 0 unspecified atom stereocenters. The monoisotopic (exact) mass is 435 g/mol. The van der Waals surface area contributed by atoms with Crippen molar-refractivity contribution in [3.05, 3.63) is 48.0 Å². The number of amides is 1. The van der Waals surface area contributed by atoms with Gasteiger partial charge < -0.3 is 19.0 Å². The van der Waals surface area contributed by atoms with Gasteiger partial charge in [0.25, 0.3) is 0 Å². The molecule has 1 saturated heterocycles. The van der Waals surface area contributed by atoms with Crippen LogP contribution < -0.4 is 0 Å². The van der Waals surface area contributed by atoms with E-state index in [0.29, 0.717) is 6.61 Å². The Morgan fingerprint density at radius 2 is 1.97 bits per heavy atom. The lowest BCUT2D eigenvalue weighted by atomic mass is 10.2. The Morgan fingerprint density at radius 1 is 1.33 bits per heavy atom. The van der Waals surface area contributed by atoms with Crippen molar-refractivity contribution in [2.75, 3.05) is 13.2 Å². The van der Waals surface area contributed by atoms with E-state index in [1.54, 1.807) is 19.9 Å². The first-order chi connectivity index (χ1) is 13.8. The summed E-state index contributed by atoms with van der Waals surface area (Å²) < 4.78 is 17.5. The topological polar surface area (TPSA) is 68.2 Å². The van der Waals surface area contributed by atoms with Crippen molar-refractivity contribution in [1.82, 2.24) is 4.90 Å². The van der Waals surface area contributed by atoms with Gasteiger partial charge in [0.15, 0.2) is 8.32 Å². The van der Waals surface area contributed by atoms with Crippen LogP contribution in [0.1, 0.15) is 40.2 Å². The molecule has 1 fully saturated rings. The molecule has 0 aromatic heterocycles. The van der Waals surface area contributed by atoms with Crippen molar-refractivity contribution in [3.8, 4) is 0 Å². The molecule has 1 aromatic carbocycles. The van der Waals surface area contributed by atoms with Crippen molar-refractivity contribution in [2.45, 2.75) is 77.3 Å². The summed E-state index contributed by atoms with van der Waals surface area (Å²) in [5, 5.41) is 10.7. The van der Waals surface area contributed by atoms with Gasteiger partial charge in [0.05, 0.1) is 13.2 Å². The molecule has 1 aromatic rings. The highest BCUT2D eigenvalue weighted by molar-refractivity contribution is 6.74. The molecule has 2 atom stereocenters. The van der Waals surface area contributed by atoms with E-state index in [4.69, 9.17) is 13.9 Å². The van der Waals surface area contributed by atoms with Gasteiger partial charge in [-0.2, -0.15) is 0 Å². The SMILES string of the molecule is CC1(C)O[C@H]([C@@H](O)/C=C/CO[Si](C)(C)C(C)(C)C)CN1C(=O)OCc1ccccc1. The van der Waals surface area contributed by atoms with Crippen LogP contribution in [0.5, 0.6) is 0 Å². The van der Waals surface area contributed by atoms with Gasteiger partial charge in [0.2, 0.25) is 0 Å². The number of ether oxygens (including phenoxy) is 2. The molecule has 1 N–H and O–H groups in total. The van der Waals surface area contributed by atoms with Crippen LogP contribution in [-0.2, 0) is 20.5 Å². The molecule has 0 radical (unpaired) electrons. The number of nitrogens with zero attached hydrogens (tertiary/aromatic N) is 1. The molecule has 0 aliphatic carbocycles. The first kappa shape index (κ1) is 24.6. The van der Waals surface area contributed by atoms with Gasteiger partial charge >= 0.3 is 6.09 Å². The van der Waals surface area contributed by atoms with Gasteiger partial charge in [-0.05, 0) is 37.5 Å². The van der Waals surface area contributed by atoms with E-state index in [1.165, 1.54) is 4.90 Å². The number of aliphatic hydroxyl groups excluding tert-OH is 1. The van der Waals surface area contributed by atoms with E-state index in [1.807, 2.05) is 36.4 Å². The molecular weight excluding hydrogens is 398 g/mol. The zero-order chi connectivity index (χ0) is 22.6. The Morgan fingerprint density at radius 3 is 2.57 bits per heavy atom. The lowest BCUT2D eigenvalue weighted by molar-refractivity contribution is -0.0913. The summed E-state index contributed by atoms with van der Waals surface area (Å²) >= 11 is 0. The highest BCUT2D eigenvalue weighted by Gasteiger charge is 2.45. The normalized spacial score (nSPS) is 20.5. The van der Waals surface area contributed by atoms with Crippen LogP contribution in [0.15, 0.2) is 42.5 Å². The van der Waals surface area contributed by atoms with E-state index in [9.17, 15) is 9.90 Å². The minimum Gasteiger partial charge on any atom is -0.444 e.